The summed E-state index contributed by atoms with van der Waals surface area (Å²) in [6, 6.07) is 20.2. The molecule has 0 aliphatic heterocycles. The number of nitrogens with one attached hydrogen (secondary N) is 1. The highest BCUT2D eigenvalue weighted by atomic mass is 32.2. The largest absolute Gasteiger partial charge is 0.325 e. The molecule has 1 aromatic heterocycles. The van der Waals surface area contributed by atoms with Gasteiger partial charge in [-0.05, 0) is 29.1 Å². The smallest absolute Gasteiger partial charge is 0.234 e. The second-order valence-corrected chi connectivity index (χ2v) is 7.27. The molecule has 0 saturated carbocycles. The van der Waals surface area contributed by atoms with Gasteiger partial charge in [-0.3, -0.25) is 4.79 Å². The van der Waals surface area contributed by atoms with Crippen molar-refractivity contribution in [2.24, 2.45) is 0 Å². The Labute approximate surface area is 166 Å². The summed E-state index contributed by atoms with van der Waals surface area (Å²) in [6.45, 7) is 0.577. The number of hydrogen-bond acceptors (Lipinski definition) is 3. The highest BCUT2D eigenvalue weighted by Gasteiger charge is 2.10. The lowest BCUT2D eigenvalue weighted by Crippen LogP contribution is -2.15. The Bertz CT molecular complexity index is 1100. The maximum atomic E-state index is 13.1. The van der Waals surface area contributed by atoms with Crippen molar-refractivity contribution in [2.75, 3.05) is 11.1 Å². The monoisotopic (exact) mass is 391 g/mol. The molecule has 4 nitrogen and oxygen atoms in total. The van der Waals surface area contributed by atoms with Gasteiger partial charge in [-0.15, -0.1) is 0 Å². The van der Waals surface area contributed by atoms with E-state index >= 15 is 0 Å². The maximum Gasteiger partial charge on any atom is 0.234 e. The fraction of sp³-hybridized carbons (Fsp3) is 0.0909. The van der Waals surface area contributed by atoms with Gasteiger partial charge in [-0.25, -0.2) is 9.37 Å². The van der Waals surface area contributed by atoms with Crippen molar-refractivity contribution in [1.29, 1.82) is 0 Å². The fourth-order valence-electron chi connectivity index (χ4n) is 2.99. The van der Waals surface area contributed by atoms with E-state index in [-0.39, 0.29) is 17.5 Å². The number of carbonyl (C=O) groups is 1. The van der Waals surface area contributed by atoms with E-state index < -0.39 is 0 Å². The standard InChI is InChI=1S/C22H18FN3OS/c23-18-10-8-16(9-11-18)14-26-13-12-24-22(26)28-15-21(27)25-20-7-3-5-17-4-1-2-6-19(17)20/h1-13H,14-15H2,(H,25,27). The van der Waals surface area contributed by atoms with Crippen molar-refractivity contribution in [2.45, 2.75) is 11.7 Å². The van der Waals surface area contributed by atoms with E-state index in [1.807, 2.05) is 53.2 Å². The summed E-state index contributed by atoms with van der Waals surface area (Å²) in [5, 5.41) is 5.83. The van der Waals surface area contributed by atoms with Crippen LogP contribution in [0.4, 0.5) is 10.1 Å². The minimum atomic E-state index is -0.255. The number of nitrogens with zero attached hydrogens (tertiary/aromatic N) is 2. The van der Waals surface area contributed by atoms with Crippen molar-refractivity contribution in [3.05, 3.63) is 90.5 Å². The normalized spacial score (nSPS) is 10.9. The number of rotatable bonds is 6. The third-order valence-electron chi connectivity index (χ3n) is 4.34. The van der Waals surface area contributed by atoms with E-state index in [2.05, 4.69) is 10.3 Å². The van der Waals surface area contributed by atoms with Gasteiger partial charge >= 0.3 is 0 Å². The molecule has 1 N–H and O–H groups in total. The Morgan fingerprint density at radius 3 is 2.68 bits per heavy atom. The first kappa shape index (κ1) is 18.3. The molecule has 6 heteroatoms. The van der Waals surface area contributed by atoms with Crippen molar-refractivity contribution in [3.8, 4) is 0 Å². The molecule has 4 rings (SSSR count). The summed E-state index contributed by atoms with van der Waals surface area (Å²) >= 11 is 1.37. The Hall–Kier alpha value is -3.12. The van der Waals surface area contributed by atoms with E-state index in [9.17, 15) is 9.18 Å². The number of thioether (sulfide) groups is 1. The predicted octanol–water partition coefficient (Wildman–Crippen LogP) is 4.95. The summed E-state index contributed by atoms with van der Waals surface area (Å²) in [4.78, 5) is 16.8. The Morgan fingerprint density at radius 2 is 1.82 bits per heavy atom. The molecule has 4 aromatic rings. The van der Waals surface area contributed by atoms with Crippen LogP contribution >= 0.6 is 11.8 Å². The third-order valence-corrected chi connectivity index (χ3v) is 5.34. The van der Waals surface area contributed by atoms with Gasteiger partial charge in [0.2, 0.25) is 5.91 Å². The van der Waals surface area contributed by atoms with Gasteiger partial charge in [0.25, 0.3) is 0 Å². The highest BCUT2D eigenvalue weighted by molar-refractivity contribution is 7.99. The predicted molar refractivity (Wildman–Crippen MR) is 111 cm³/mol. The number of fused-ring (bicyclic) bond motifs is 1. The minimum Gasteiger partial charge on any atom is -0.325 e. The average Bonchev–Trinajstić information content (AvgIpc) is 3.15. The van der Waals surface area contributed by atoms with Gasteiger partial charge in [0.1, 0.15) is 5.82 Å². The molecule has 0 fully saturated rings. The first-order valence-corrected chi connectivity index (χ1v) is 9.83. The van der Waals surface area contributed by atoms with Crippen LogP contribution in [0.3, 0.4) is 0 Å². The molecule has 0 saturated heterocycles. The van der Waals surface area contributed by atoms with Crippen LogP contribution in [0.5, 0.6) is 0 Å². The van der Waals surface area contributed by atoms with Crippen molar-refractivity contribution in [1.82, 2.24) is 9.55 Å². The first-order valence-electron chi connectivity index (χ1n) is 8.85. The molecule has 0 aliphatic carbocycles. The second-order valence-electron chi connectivity index (χ2n) is 6.33. The highest BCUT2D eigenvalue weighted by Crippen LogP contribution is 2.24. The summed E-state index contributed by atoms with van der Waals surface area (Å²) in [5.74, 6) is -0.0873. The molecule has 140 valence electrons. The van der Waals surface area contributed by atoms with Crippen molar-refractivity contribution < 1.29 is 9.18 Å². The molecule has 0 radical (unpaired) electrons. The van der Waals surface area contributed by atoms with Crippen LogP contribution in [0.2, 0.25) is 0 Å². The van der Waals surface area contributed by atoms with E-state index in [4.69, 9.17) is 0 Å². The topological polar surface area (TPSA) is 46.9 Å². The van der Waals surface area contributed by atoms with Gasteiger partial charge in [-0.1, -0.05) is 60.3 Å². The molecule has 0 atom stereocenters. The zero-order valence-electron chi connectivity index (χ0n) is 15.0. The fourth-order valence-corrected chi connectivity index (χ4v) is 3.75. The minimum absolute atomic E-state index is 0.0855. The summed E-state index contributed by atoms with van der Waals surface area (Å²) in [7, 11) is 0. The lowest BCUT2D eigenvalue weighted by molar-refractivity contribution is -0.113. The van der Waals surface area contributed by atoms with E-state index in [0.29, 0.717) is 6.54 Å². The number of imidazole rings is 1. The van der Waals surface area contributed by atoms with Gasteiger partial charge in [0.05, 0.1) is 5.75 Å². The Balaban J connectivity index is 1.40. The van der Waals surface area contributed by atoms with Crippen LogP contribution in [0.25, 0.3) is 10.8 Å². The molecular formula is C22H18FN3OS. The van der Waals surface area contributed by atoms with E-state index in [0.717, 1.165) is 27.2 Å². The molecule has 0 aliphatic rings. The van der Waals surface area contributed by atoms with E-state index in [1.54, 1.807) is 18.3 Å². The number of halogens is 1. The first-order chi connectivity index (χ1) is 13.7. The summed E-state index contributed by atoms with van der Waals surface area (Å²) in [5.41, 5.74) is 1.78. The lowest BCUT2D eigenvalue weighted by atomic mass is 10.1. The molecule has 1 heterocycles. The Morgan fingerprint density at radius 1 is 1.04 bits per heavy atom. The van der Waals surface area contributed by atoms with Crippen LogP contribution < -0.4 is 5.32 Å². The number of carbonyl (C=O) groups excluding carboxylic acids is 1. The van der Waals surface area contributed by atoms with Gasteiger partial charge < -0.3 is 9.88 Å². The second kappa shape index (κ2) is 8.27. The molecular weight excluding hydrogens is 373 g/mol. The molecule has 0 spiro atoms. The lowest BCUT2D eigenvalue weighted by Gasteiger charge is -2.10. The SMILES string of the molecule is O=C(CSc1nccn1Cc1ccc(F)cc1)Nc1cccc2ccccc12. The van der Waals surface area contributed by atoms with Crippen LogP contribution in [0.1, 0.15) is 5.56 Å². The number of aromatic nitrogens is 2. The van der Waals surface area contributed by atoms with Crippen molar-refractivity contribution in [3.63, 3.8) is 0 Å². The Kier molecular flexibility index (Phi) is 5.39. The quantitative estimate of drug-likeness (QED) is 0.473. The molecule has 0 bridgehead atoms. The van der Waals surface area contributed by atoms with Crippen LogP contribution in [0, 0.1) is 5.82 Å². The molecule has 1 amide bonds. The number of anilines is 1. The third kappa shape index (κ3) is 4.23. The summed E-state index contributed by atoms with van der Waals surface area (Å²) < 4.78 is 15.0. The number of amides is 1. The molecule has 28 heavy (non-hydrogen) atoms. The molecule has 3 aromatic carbocycles. The maximum absolute atomic E-state index is 13.1. The van der Waals surface area contributed by atoms with Gasteiger partial charge in [0, 0.05) is 30.0 Å². The van der Waals surface area contributed by atoms with E-state index in [1.165, 1.54) is 23.9 Å². The molecule has 0 unspecified atom stereocenters. The number of hydrogen-bond donors (Lipinski definition) is 1. The van der Waals surface area contributed by atoms with Gasteiger partial charge in [0.15, 0.2) is 5.16 Å². The zero-order chi connectivity index (χ0) is 19.3. The average molecular weight is 391 g/mol. The van der Waals surface area contributed by atoms with Crippen LogP contribution in [0.15, 0.2) is 84.3 Å². The van der Waals surface area contributed by atoms with Crippen LogP contribution in [-0.2, 0) is 11.3 Å². The van der Waals surface area contributed by atoms with Crippen molar-refractivity contribution >= 4 is 34.1 Å². The van der Waals surface area contributed by atoms with Gasteiger partial charge in [-0.2, -0.15) is 0 Å². The summed E-state index contributed by atoms with van der Waals surface area (Å²) in [6.07, 6.45) is 3.56. The zero-order valence-corrected chi connectivity index (χ0v) is 15.8. The van der Waals surface area contributed by atoms with Crippen LogP contribution in [-0.4, -0.2) is 21.2 Å². The number of benzene rings is 3.